The predicted molar refractivity (Wildman–Crippen MR) is 93.0 cm³/mol. The first kappa shape index (κ1) is 17.3. The summed E-state index contributed by atoms with van der Waals surface area (Å²) in [5.74, 6) is 0.104. The number of benzene rings is 2. The monoisotopic (exact) mass is 342 g/mol. The first-order chi connectivity index (χ1) is 9.66. The van der Waals surface area contributed by atoms with Gasteiger partial charge in [-0.15, -0.1) is 17.5 Å². The Morgan fingerprint density at radius 1 is 1.00 bits per heavy atom. The van der Waals surface area contributed by atoms with E-state index < -0.39 is 0 Å². The van der Waals surface area contributed by atoms with Crippen LogP contribution in [-0.4, -0.2) is 12.2 Å². The quantitative estimate of drug-likeness (QED) is 0.499. The van der Waals surface area contributed by atoms with E-state index in [2.05, 4.69) is 15.5 Å². The molecule has 0 saturated carbocycles. The van der Waals surface area contributed by atoms with Gasteiger partial charge in [0.2, 0.25) is 5.96 Å². The smallest absolute Gasteiger partial charge is 0.218 e. The van der Waals surface area contributed by atoms with Crippen LogP contribution in [0.3, 0.4) is 0 Å². The SMILES string of the molecule is Cl.NC(=NN=Cc1ccccc1)Nc1c(Cl)cccc1Cl. The van der Waals surface area contributed by atoms with Gasteiger partial charge < -0.3 is 11.1 Å². The molecule has 0 aliphatic rings. The maximum atomic E-state index is 6.01. The van der Waals surface area contributed by atoms with Gasteiger partial charge in [0.05, 0.1) is 21.9 Å². The van der Waals surface area contributed by atoms with Crippen molar-refractivity contribution in [1.82, 2.24) is 0 Å². The van der Waals surface area contributed by atoms with Crippen molar-refractivity contribution in [2.75, 3.05) is 5.32 Å². The van der Waals surface area contributed by atoms with E-state index in [9.17, 15) is 0 Å². The summed E-state index contributed by atoms with van der Waals surface area (Å²) < 4.78 is 0. The van der Waals surface area contributed by atoms with Crippen molar-refractivity contribution in [3.63, 3.8) is 0 Å². The topological polar surface area (TPSA) is 62.8 Å². The van der Waals surface area contributed by atoms with Crippen molar-refractivity contribution < 1.29 is 0 Å². The molecule has 2 rings (SSSR count). The second kappa shape index (κ2) is 8.52. The highest BCUT2D eigenvalue weighted by molar-refractivity contribution is 6.39. The maximum Gasteiger partial charge on any atom is 0.218 e. The Kier molecular flexibility index (Phi) is 7.02. The van der Waals surface area contributed by atoms with Crippen molar-refractivity contribution in [1.29, 1.82) is 0 Å². The molecule has 0 atom stereocenters. The largest absolute Gasteiger partial charge is 0.368 e. The second-order valence-electron chi connectivity index (χ2n) is 3.86. The third-order valence-corrected chi connectivity index (χ3v) is 3.02. The number of nitrogens with zero attached hydrogens (tertiary/aromatic N) is 2. The molecule has 0 saturated heterocycles. The first-order valence-corrected chi connectivity index (χ1v) is 6.55. The lowest BCUT2D eigenvalue weighted by Gasteiger charge is -2.07. The number of para-hydroxylation sites is 1. The number of anilines is 1. The molecule has 0 spiro atoms. The molecular formula is C14H13Cl3N4. The average Bonchev–Trinajstić information content (AvgIpc) is 2.44. The highest BCUT2D eigenvalue weighted by Gasteiger charge is 2.05. The highest BCUT2D eigenvalue weighted by atomic mass is 35.5. The van der Waals surface area contributed by atoms with Crippen LogP contribution in [0.5, 0.6) is 0 Å². The van der Waals surface area contributed by atoms with E-state index in [4.69, 9.17) is 28.9 Å². The molecule has 0 fully saturated rings. The van der Waals surface area contributed by atoms with Crippen LogP contribution >= 0.6 is 35.6 Å². The van der Waals surface area contributed by atoms with Crippen molar-refractivity contribution in [2.45, 2.75) is 0 Å². The fourth-order valence-corrected chi connectivity index (χ4v) is 1.96. The van der Waals surface area contributed by atoms with Crippen LogP contribution < -0.4 is 11.1 Å². The van der Waals surface area contributed by atoms with Crippen LogP contribution in [0, 0.1) is 0 Å². The van der Waals surface area contributed by atoms with Crippen molar-refractivity contribution in [2.24, 2.45) is 15.9 Å². The zero-order chi connectivity index (χ0) is 14.4. The first-order valence-electron chi connectivity index (χ1n) is 5.79. The third kappa shape index (κ3) is 5.27. The summed E-state index contributed by atoms with van der Waals surface area (Å²) in [7, 11) is 0. The van der Waals surface area contributed by atoms with E-state index in [1.54, 1.807) is 24.4 Å². The highest BCUT2D eigenvalue weighted by Crippen LogP contribution is 2.29. The van der Waals surface area contributed by atoms with Gasteiger partial charge in [0.25, 0.3) is 0 Å². The lowest BCUT2D eigenvalue weighted by molar-refractivity contribution is 1.23. The number of hydrogen-bond acceptors (Lipinski definition) is 2. The van der Waals surface area contributed by atoms with Crippen LogP contribution in [0.25, 0.3) is 0 Å². The van der Waals surface area contributed by atoms with E-state index in [0.717, 1.165) is 5.56 Å². The molecular weight excluding hydrogens is 331 g/mol. The standard InChI is InChI=1S/C14H12Cl2N4.ClH/c15-11-7-4-8-12(16)13(11)19-14(17)20-18-9-10-5-2-1-3-6-10;/h1-9H,(H3,17,19,20);1H. The number of rotatable bonds is 3. The predicted octanol–water partition coefficient (Wildman–Crippen LogP) is 4.18. The van der Waals surface area contributed by atoms with Gasteiger partial charge in [0.15, 0.2) is 0 Å². The van der Waals surface area contributed by atoms with E-state index >= 15 is 0 Å². The van der Waals surface area contributed by atoms with Gasteiger partial charge in [-0.3, -0.25) is 0 Å². The van der Waals surface area contributed by atoms with Gasteiger partial charge in [-0.25, -0.2) is 0 Å². The van der Waals surface area contributed by atoms with Crippen LogP contribution in [0.4, 0.5) is 5.69 Å². The molecule has 0 heterocycles. The Bertz CT molecular complexity index is 622. The molecule has 7 heteroatoms. The number of guanidine groups is 1. The zero-order valence-electron chi connectivity index (χ0n) is 10.8. The maximum absolute atomic E-state index is 6.01. The molecule has 0 aliphatic carbocycles. The van der Waals surface area contributed by atoms with Gasteiger partial charge in [0.1, 0.15) is 0 Å². The Morgan fingerprint density at radius 2 is 1.62 bits per heavy atom. The molecule has 0 unspecified atom stereocenters. The molecule has 110 valence electrons. The summed E-state index contributed by atoms with van der Waals surface area (Å²) >= 11 is 12.0. The molecule has 21 heavy (non-hydrogen) atoms. The lowest BCUT2D eigenvalue weighted by Crippen LogP contribution is -2.22. The van der Waals surface area contributed by atoms with E-state index in [0.29, 0.717) is 15.7 Å². The van der Waals surface area contributed by atoms with E-state index in [1.165, 1.54) is 0 Å². The molecule has 0 amide bonds. The minimum absolute atomic E-state index is 0. The second-order valence-corrected chi connectivity index (χ2v) is 4.68. The lowest BCUT2D eigenvalue weighted by atomic mass is 10.2. The van der Waals surface area contributed by atoms with Gasteiger partial charge in [-0.1, -0.05) is 59.6 Å². The van der Waals surface area contributed by atoms with Crippen LogP contribution in [0.15, 0.2) is 58.7 Å². The molecule has 3 N–H and O–H groups in total. The minimum atomic E-state index is 0. The Hall–Kier alpha value is -1.75. The summed E-state index contributed by atoms with van der Waals surface area (Å²) in [6.45, 7) is 0. The van der Waals surface area contributed by atoms with Gasteiger partial charge >= 0.3 is 0 Å². The van der Waals surface area contributed by atoms with Crippen LogP contribution in [0.2, 0.25) is 10.0 Å². The zero-order valence-corrected chi connectivity index (χ0v) is 13.2. The van der Waals surface area contributed by atoms with Crippen molar-refractivity contribution in [3.05, 3.63) is 64.1 Å². The third-order valence-electron chi connectivity index (χ3n) is 2.39. The summed E-state index contributed by atoms with van der Waals surface area (Å²) in [6.07, 6.45) is 1.60. The molecule has 2 aromatic rings. The molecule has 0 aliphatic heterocycles. The van der Waals surface area contributed by atoms with Crippen molar-refractivity contribution >= 4 is 53.5 Å². The van der Waals surface area contributed by atoms with E-state index in [-0.39, 0.29) is 18.4 Å². The Labute approximate surface area is 139 Å². The van der Waals surface area contributed by atoms with Crippen LogP contribution in [-0.2, 0) is 0 Å². The average molecular weight is 344 g/mol. The summed E-state index contributed by atoms with van der Waals surface area (Å²) in [6, 6.07) is 14.7. The van der Waals surface area contributed by atoms with Crippen LogP contribution in [0.1, 0.15) is 5.56 Å². The summed E-state index contributed by atoms with van der Waals surface area (Å²) in [5.41, 5.74) is 7.15. The number of nitrogens with two attached hydrogens (primary N) is 1. The van der Waals surface area contributed by atoms with Gasteiger partial charge in [0, 0.05) is 0 Å². The minimum Gasteiger partial charge on any atom is -0.368 e. The fourth-order valence-electron chi connectivity index (χ4n) is 1.47. The summed E-state index contributed by atoms with van der Waals surface area (Å²) in [4.78, 5) is 0. The molecule has 4 nitrogen and oxygen atoms in total. The molecule has 0 aromatic heterocycles. The number of halogens is 3. The normalized spacial score (nSPS) is 11.2. The number of hydrogen-bond donors (Lipinski definition) is 2. The summed E-state index contributed by atoms with van der Waals surface area (Å²) in [5, 5.41) is 11.5. The van der Waals surface area contributed by atoms with Gasteiger partial charge in [-0.05, 0) is 17.7 Å². The Balaban J connectivity index is 0.00000220. The van der Waals surface area contributed by atoms with Crippen molar-refractivity contribution in [3.8, 4) is 0 Å². The van der Waals surface area contributed by atoms with E-state index in [1.807, 2.05) is 30.3 Å². The molecule has 0 radical (unpaired) electrons. The fraction of sp³-hybridized carbons (Fsp3) is 0. The number of nitrogens with one attached hydrogen (secondary N) is 1. The molecule has 0 bridgehead atoms. The Morgan fingerprint density at radius 3 is 2.24 bits per heavy atom. The van der Waals surface area contributed by atoms with Gasteiger partial charge in [-0.2, -0.15) is 5.10 Å². The molecule has 2 aromatic carbocycles.